The Balaban J connectivity index is 2.40. The van der Waals surface area contributed by atoms with Gasteiger partial charge in [0.2, 0.25) is 0 Å². The van der Waals surface area contributed by atoms with Gasteiger partial charge in [0.05, 0.1) is 5.54 Å². The SMILES string of the molecule is CC1=Cc2ccccc2[C@](C)(NO)c2ccccc21. The largest absolute Gasteiger partial charge is 0.316 e. The second kappa shape index (κ2) is 4.34. The predicted molar refractivity (Wildman–Crippen MR) is 77.8 cm³/mol. The summed E-state index contributed by atoms with van der Waals surface area (Å²) >= 11 is 0. The van der Waals surface area contributed by atoms with E-state index in [2.05, 4.69) is 42.7 Å². The van der Waals surface area contributed by atoms with Crippen LogP contribution in [0.2, 0.25) is 0 Å². The fraction of sp³-hybridized carbons (Fsp3) is 0.176. The normalized spacial score (nSPS) is 21.1. The van der Waals surface area contributed by atoms with E-state index in [4.69, 9.17) is 0 Å². The molecule has 0 aromatic heterocycles. The zero-order valence-electron chi connectivity index (χ0n) is 11.1. The molecule has 2 N–H and O–H groups in total. The van der Waals surface area contributed by atoms with Gasteiger partial charge in [-0.2, -0.15) is 5.48 Å². The predicted octanol–water partition coefficient (Wildman–Crippen LogP) is 3.80. The topological polar surface area (TPSA) is 32.3 Å². The lowest BCUT2D eigenvalue weighted by molar-refractivity contribution is 0.0921. The molecule has 0 heterocycles. The Labute approximate surface area is 113 Å². The van der Waals surface area contributed by atoms with E-state index in [0.717, 1.165) is 16.7 Å². The van der Waals surface area contributed by atoms with Crippen molar-refractivity contribution in [2.45, 2.75) is 19.4 Å². The minimum absolute atomic E-state index is 0.596. The molecular weight excluding hydrogens is 234 g/mol. The van der Waals surface area contributed by atoms with Gasteiger partial charge in [-0.05, 0) is 41.7 Å². The third-order valence-corrected chi connectivity index (χ3v) is 3.99. The first-order chi connectivity index (χ1) is 9.16. The summed E-state index contributed by atoms with van der Waals surface area (Å²) in [6.45, 7) is 4.12. The van der Waals surface area contributed by atoms with Gasteiger partial charge >= 0.3 is 0 Å². The second-order valence-corrected chi connectivity index (χ2v) is 5.20. The van der Waals surface area contributed by atoms with Crippen molar-refractivity contribution in [1.82, 2.24) is 5.48 Å². The molecule has 2 nitrogen and oxygen atoms in total. The van der Waals surface area contributed by atoms with Crippen LogP contribution in [0.25, 0.3) is 11.6 Å². The summed E-state index contributed by atoms with van der Waals surface area (Å²) in [6.07, 6.45) is 2.18. The third kappa shape index (κ3) is 1.72. The van der Waals surface area contributed by atoms with Gasteiger partial charge in [0.15, 0.2) is 0 Å². The molecule has 0 aliphatic heterocycles. The fourth-order valence-electron chi connectivity index (χ4n) is 2.92. The van der Waals surface area contributed by atoms with Crippen LogP contribution in [0, 0.1) is 0 Å². The molecule has 0 bridgehead atoms. The highest BCUT2D eigenvalue weighted by Gasteiger charge is 2.33. The molecule has 0 fully saturated rings. The summed E-state index contributed by atoms with van der Waals surface area (Å²) in [6, 6.07) is 16.4. The van der Waals surface area contributed by atoms with Crippen molar-refractivity contribution in [2.75, 3.05) is 0 Å². The molecule has 0 unspecified atom stereocenters. The number of rotatable bonds is 1. The Hall–Kier alpha value is -1.90. The molecule has 0 saturated carbocycles. The lowest BCUT2D eigenvalue weighted by Gasteiger charge is -2.31. The summed E-state index contributed by atoms with van der Waals surface area (Å²) in [4.78, 5) is 0. The second-order valence-electron chi connectivity index (χ2n) is 5.20. The van der Waals surface area contributed by atoms with Crippen molar-refractivity contribution < 1.29 is 5.21 Å². The first-order valence-corrected chi connectivity index (χ1v) is 6.46. The minimum atomic E-state index is -0.596. The van der Waals surface area contributed by atoms with E-state index in [1.807, 2.05) is 31.2 Å². The van der Waals surface area contributed by atoms with E-state index in [0.29, 0.717) is 0 Å². The number of hydrogen-bond acceptors (Lipinski definition) is 2. The van der Waals surface area contributed by atoms with Gasteiger partial charge in [-0.15, -0.1) is 0 Å². The molecule has 0 spiro atoms. The van der Waals surface area contributed by atoms with Crippen LogP contribution >= 0.6 is 0 Å². The van der Waals surface area contributed by atoms with E-state index in [1.165, 1.54) is 11.1 Å². The van der Waals surface area contributed by atoms with Crippen LogP contribution in [0.3, 0.4) is 0 Å². The number of hydroxylamine groups is 1. The Kier molecular flexibility index (Phi) is 2.77. The molecule has 2 aromatic carbocycles. The average Bonchev–Trinajstić information content (AvgIpc) is 2.55. The van der Waals surface area contributed by atoms with Crippen molar-refractivity contribution in [1.29, 1.82) is 0 Å². The zero-order valence-corrected chi connectivity index (χ0v) is 11.1. The van der Waals surface area contributed by atoms with Gasteiger partial charge in [0.1, 0.15) is 0 Å². The average molecular weight is 251 g/mol. The molecular formula is C17H17NO. The Morgan fingerprint density at radius 2 is 1.58 bits per heavy atom. The monoisotopic (exact) mass is 251 g/mol. The first kappa shape index (κ1) is 12.2. The molecule has 0 saturated heterocycles. The van der Waals surface area contributed by atoms with Crippen LogP contribution in [0.1, 0.15) is 36.1 Å². The molecule has 0 radical (unpaired) electrons. The molecule has 1 atom stereocenters. The van der Waals surface area contributed by atoms with Gasteiger partial charge in [0, 0.05) is 0 Å². The lowest BCUT2D eigenvalue weighted by atomic mass is 9.82. The lowest BCUT2D eigenvalue weighted by Crippen LogP contribution is -2.39. The van der Waals surface area contributed by atoms with E-state index < -0.39 is 5.54 Å². The van der Waals surface area contributed by atoms with Crippen LogP contribution in [-0.2, 0) is 5.54 Å². The van der Waals surface area contributed by atoms with Crippen LogP contribution < -0.4 is 5.48 Å². The standard InChI is InChI=1S/C17H17NO/c1-12-11-13-7-3-5-9-15(13)17(2,18-19)16-10-6-4-8-14(12)16/h3-11,18-19H,1-2H3/t17-/m0/s1. The van der Waals surface area contributed by atoms with Crippen LogP contribution in [-0.4, -0.2) is 5.21 Å². The van der Waals surface area contributed by atoms with Gasteiger partial charge in [0.25, 0.3) is 0 Å². The fourth-order valence-corrected chi connectivity index (χ4v) is 2.92. The first-order valence-electron chi connectivity index (χ1n) is 6.46. The highest BCUT2D eigenvalue weighted by atomic mass is 16.5. The number of nitrogens with one attached hydrogen (secondary N) is 1. The van der Waals surface area contributed by atoms with Gasteiger partial charge < -0.3 is 5.21 Å². The summed E-state index contributed by atoms with van der Waals surface area (Å²) in [5.41, 5.74) is 7.62. The maximum absolute atomic E-state index is 9.78. The molecule has 19 heavy (non-hydrogen) atoms. The molecule has 3 rings (SSSR count). The summed E-state index contributed by atoms with van der Waals surface area (Å²) < 4.78 is 0. The van der Waals surface area contributed by atoms with Crippen molar-refractivity contribution in [3.05, 3.63) is 70.8 Å². The van der Waals surface area contributed by atoms with Crippen molar-refractivity contribution in [3.63, 3.8) is 0 Å². The zero-order chi connectivity index (χ0) is 13.5. The van der Waals surface area contributed by atoms with Gasteiger partial charge in [-0.3, -0.25) is 0 Å². The maximum atomic E-state index is 9.78. The third-order valence-electron chi connectivity index (χ3n) is 3.99. The van der Waals surface area contributed by atoms with Crippen molar-refractivity contribution in [2.24, 2.45) is 0 Å². The quantitative estimate of drug-likeness (QED) is 0.755. The van der Waals surface area contributed by atoms with Crippen molar-refractivity contribution in [3.8, 4) is 0 Å². The van der Waals surface area contributed by atoms with E-state index in [-0.39, 0.29) is 0 Å². The maximum Gasteiger partial charge on any atom is 0.0911 e. The number of benzene rings is 2. The van der Waals surface area contributed by atoms with Gasteiger partial charge in [-0.1, -0.05) is 54.6 Å². The summed E-state index contributed by atoms with van der Waals surface area (Å²) in [5.74, 6) is 0. The Morgan fingerprint density at radius 3 is 2.32 bits per heavy atom. The van der Waals surface area contributed by atoms with Crippen LogP contribution in [0.5, 0.6) is 0 Å². The molecule has 1 aliphatic rings. The molecule has 96 valence electrons. The molecule has 2 aromatic rings. The summed E-state index contributed by atoms with van der Waals surface area (Å²) in [7, 11) is 0. The van der Waals surface area contributed by atoms with Crippen LogP contribution in [0.4, 0.5) is 0 Å². The number of hydrogen-bond donors (Lipinski definition) is 2. The Morgan fingerprint density at radius 1 is 0.947 bits per heavy atom. The van der Waals surface area contributed by atoms with Gasteiger partial charge in [-0.25, -0.2) is 0 Å². The van der Waals surface area contributed by atoms with Crippen molar-refractivity contribution >= 4 is 11.6 Å². The van der Waals surface area contributed by atoms with E-state index in [9.17, 15) is 5.21 Å². The molecule has 1 aliphatic carbocycles. The number of allylic oxidation sites excluding steroid dienone is 1. The van der Waals surface area contributed by atoms with E-state index >= 15 is 0 Å². The minimum Gasteiger partial charge on any atom is -0.316 e. The Bertz CT molecular complexity index is 660. The molecule has 0 amide bonds. The number of fused-ring (bicyclic) bond motifs is 2. The highest BCUT2D eigenvalue weighted by molar-refractivity contribution is 5.85. The molecule has 2 heteroatoms. The smallest absolute Gasteiger partial charge is 0.0911 e. The summed E-state index contributed by atoms with van der Waals surface area (Å²) in [5, 5.41) is 9.78. The van der Waals surface area contributed by atoms with E-state index in [1.54, 1.807) is 0 Å². The highest BCUT2D eigenvalue weighted by Crippen LogP contribution is 2.39. The van der Waals surface area contributed by atoms with Crippen LogP contribution in [0.15, 0.2) is 48.5 Å².